The number of aliphatic carboxylic acids is 2. The van der Waals surface area contributed by atoms with Crippen LogP contribution >= 0.6 is 0 Å². The molecule has 0 radical (unpaired) electrons. The Morgan fingerprint density at radius 3 is 2.32 bits per heavy atom. The first-order chi connectivity index (χ1) is 10.1. The van der Waals surface area contributed by atoms with E-state index in [4.69, 9.17) is 0 Å². The molecular formula is C17H26O5. The van der Waals surface area contributed by atoms with E-state index in [0.29, 0.717) is 19.3 Å². The van der Waals surface area contributed by atoms with Gasteiger partial charge in [-0.1, -0.05) is 31.9 Å². The van der Waals surface area contributed by atoms with Gasteiger partial charge in [-0.25, -0.2) is 0 Å². The van der Waals surface area contributed by atoms with Crippen LogP contribution in [-0.4, -0.2) is 27.9 Å². The van der Waals surface area contributed by atoms with E-state index < -0.39 is 22.8 Å². The second-order valence-corrected chi connectivity index (χ2v) is 6.85. The zero-order valence-corrected chi connectivity index (χ0v) is 13.6. The Hall–Kier alpha value is -1.65. The van der Waals surface area contributed by atoms with Crippen LogP contribution in [0.3, 0.4) is 0 Å². The van der Waals surface area contributed by atoms with Crippen LogP contribution in [0.1, 0.15) is 59.3 Å². The van der Waals surface area contributed by atoms with Crippen LogP contribution in [0.25, 0.3) is 0 Å². The molecule has 0 aromatic heterocycles. The molecule has 0 aliphatic heterocycles. The number of carbonyl (C=O) groups is 3. The maximum Gasteiger partial charge on any atom is 0.313 e. The van der Waals surface area contributed by atoms with Gasteiger partial charge in [0.2, 0.25) is 0 Å². The van der Waals surface area contributed by atoms with Gasteiger partial charge in [-0.3, -0.25) is 14.4 Å². The molecule has 0 heterocycles. The van der Waals surface area contributed by atoms with E-state index in [9.17, 15) is 24.6 Å². The molecule has 0 bridgehead atoms. The summed E-state index contributed by atoms with van der Waals surface area (Å²) in [6, 6.07) is 0. The van der Waals surface area contributed by atoms with Crippen molar-refractivity contribution in [3.63, 3.8) is 0 Å². The zero-order chi connectivity index (χ0) is 17.0. The predicted octanol–water partition coefficient (Wildman–Crippen LogP) is 3.28. The van der Waals surface area contributed by atoms with Crippen LogP contribution in [-0.2, 0) is 14.4 Å². The molecule has 3 atom stereocenters. The van der Waals surface area contributed by atoms with Crippen LogP contribution in [0.15, 0.2) is 12.2 Å². The second kappa shape index (κ2) is 7.07. The molecular weight excluding hydrogens is 284 g/mol. The van der Waals surface area contributed by atoms with Crippen molar-refractivity contribution in [3.8, 4) is 0 Å². The molecule has 5 nitrogen and oxygen atoms in total. The van der Waals surface area contributed by atoms with E-state index in [1.54, 1.807) is 26.0 Å². The van der Waals surface area contributed by atoms with Crippen molar-refractivity contribution in [3.05, 3.63) is 12.2 Å². The van der Waals surface area contributed by atoms with Crippen molar-refractivity contribution in [1.82, 2.24) is 0 Å². The fourth-order valence-electron chi connectivity index (χ4n) is 3.10. The van der Waals surface area contributed by atoms with Gasteiger partial charge in [0.1, 0.15) is 5.78 Å². The van der Waals surface area contributed by atoms with E-state index in [1.165, 1.54) is 0 Å². The topological polar surface area (TPSA) is 91.7 Å². The van der Waals surface area contributed by atoms with E-state index in [0.717, 1.165) is 12.8 Å². The third kappa shape index (κ3) is 4.18. The maximum atomic E-state index is 11.7. The lowest BCUT2D eigenvalue weighted by Gasteiger charge is -2.38. The van der Waals surface area contributed by atoms with Gasteiger partial charge in [0.15, 0.2) is 0 Å². The minimum atomic E-state index is -1.12. The summed E-state index contributed by atoms with van der Waals surface area (Å²) in [4.78, 5) is 34.3. The molecule has 5 heteroatoms. The SMILES string of the molecule is CC(=O)C(C)CCCCC1(C(=O)O)CC=CC(C)(C(=O)O)C1. The molecule has 1 rings (SSSR count). The Kier molecular flexibility index (Phi) is 5.92. The monoisotopic (exact) mass is 310 g/mol. The van der Waals surface area contributed by atoms with Crippen molar-refractivity contribution >= 4 is 17.7 Å². The first-order valence-electron chi connectivity index (χ1n) is 7.78. The summed E-state index contributed by atoms with van der Waals surface area (Å²) in [5.41, 5.74) is -2.13. The molecule has 0 aromatic carbocycles. The second-order valence-electron chi connectivity index (χ2n) is 6.85. The molecule has 0 aromatic rings. The third-order valence-corrected chi connectivity index (χ3v) is 4.88. The number of hydrogen-bond acceptors (Lipinski definition) is 3. The number of ketones is 1. The lowest BCUT2D eigenvalue weighted by atomic mass is 9.64. The lowest BCUT2D eigenvalue weighted by molar-refractivity contribution is -0.156. The van der Waals surface area contributed by atoms with Gasteiger partial charge < -0.3 is 10.2 Å². The number of carboxylic acids is 2. The highest BCUT2D eigenvalue weighted by Gasteiger charge is 2.48. The summed E-state index contributed by atoms with van der Waals surface area (Å²) >= 11 is 0. The first-order valence-corrected chi connectivity index (χ1v) is 7.78. The van der Waals surface area contributed by atoms with Crippen LogP contribution in [0.4, 0.5) is 0 Å². The van der Waals surface area contributed by atoms with E-state index >= 15 is 0 Å². The van der Waals surface area contributed by atoms with Crippen molar-refractivity contribution in [2.24, 2.45) is 16.7 Å². The zero-order valence-electron chi connectivity index (χ0n) is 13.6. The van der Waals surface area contributed by atoms with Crippen molar-refractivity contribution in [1.29, 1.82) is 0 Å². The Morgan fingerprint density at radius 2 is 1.82 bits per heavy atom. The van der Waals surface area contributed by atoms with E-state index in [1.807, 2.05) is 6.92 Å². The maximum absolute atomic E-state index is 11.7. The summed E-state index contributed by atoms with van der Waals surface area (Å²) < 4.78 is 0. The normalized spacial score (nSPS) is 29.0. The number of hydrogen-bond donors (Lipinski definition) is 2. The number of allylic oxidation sites excluding steroid dienone is 1. The molecule has 0 saturated heterocycles. The van der Waals surface area contributed by atoms with E-state index in [-0.39, 0.29) is 18.1 Å². The molecule has 1 aliphatic rings. The average molecular weight is 310 g/mol. The van der Waals surface area contributed by atoms with Crippen molar-refractivity contribution < 1.29 is 24.6 Å². The Bertz CT molecular complexity index is 481. The van der Waals surface area contributed by atoms with Crippen LogP contribution in [0.5, 0.6) is 0 Å². The highest BCUT2D eigenvalue weighted by Crippen LogP contribution is 2.46. The molecule has 3 unspecified atom stereocenters. The number of carbonyl (C=O) groups excluding carboxylic acids is 1. The fourth-order valence-corrected chi connectivity index (χ4v) is 3.10. The number of rotatable bonds is 8. The fraction of sp³-hybridized carbons (Fsp3) is 0.706. The van der Waals surface area contributed by atoms with Gasteiger partial charge in [-0.2, -0.15) is 0 Å². The minimum Gasteiger partial charge on any atom is -0.481 e. The average Bonchev–Trinajstić information content (AvgIpc) is 2.43. The van der Waals surface area contributed by atoms with Gasteiger partial charge in [0.05, 0.1) is 10.8 Å². The highest BCUT2D eigenvalue weighted by molar-refractivity contribution is 5.81. The summed E-state index contributed by atoms with van der Waals surface area (Å²) in [7, 11) is 0. The number of Topliss-reactive ketones (excluding diaryl/α,β-unsaturated/α-hetero) is 1. The van der Waals surface area contributed by atoms with Crippen LogP contribution in [0.2, 0.25) is 0 Å². The number of carboxylic acid groups (broad SMARTS) is 2. The highest BCUT2D eigenvalue weighted by atomic mass is 16.4. The van der Waals surface area contributed by atoms with Gasteiger partial charge in [0, 0.05) is 5.92 Å². The largest absolute Gasteiger partial charge is 0.481 e. The van der Waals surface area contributed by atoms with Crippen molar-refractivity contribution in [2.75, 3.05) is 0 Å². The molecule has 1 aliphatic carbocycles. The molecule has 0 amide bonds. The molecule has 22 heavy (non-hydrogen) atoms. The summed E-state index contributed by atoms with van der Waals surface area (Å²) in [5.74, 6) is -1.77. The van der Waals surface area contributed by atoms with E-state index in [2.05, 4.69) is 0 Å². The number of unbranched alkanes of at least 4 members (excludes halogenated alkanes) is 1. The van der Waals surface area contributed by atoms with Gasteiger partial charge in [-0.15, -0.1) is 0 Å². The minimum absolute atomic E-state index is 0.00341. The predicted molar refractivity (Wildman–Crippen MR) is 82.5 cm³/mol. The van der Waals surface area contributed by atoms with Gasteiger partial charge in [0.25, 0.3) is 0 Å². The molecule has 0 spiro atoms. The molecule has 0 saturated carbocycles. The quantitative estimate of drug-likeness (QED) is 0.530. The standard InChI is InChI=1S/C17H26O5/c1-12(13(2)18)7-4-5-9-17(15(21)22)10-6-8-16(3,11-17)14(19)20/h6,8,12H,4-5,7,9-11H2,1-3H3,(H,19,20)(H,21,22). The first kappa shape index (κ1) is 18.4. The summed E-state index contributed by atoms with van der Waals surface area (Å²) in [6.45, 7) is 5.01. The molecule has 2 N–H and O–H groups in total. The Labute approximate surface area is 131 Å². The van der Waals surface area contributed by atoms with Gasteiger partial charge in [-0.05, 0) is 39.5 Å². The molecule has 0 fully saturated rings. The van der Waals surface area contributed by atoms with Crippen LogP contribution in [0, 0.1) is 16.7 Å². The smallest absolute Gasteiger partial charge is 0.313 e. The van der Waals surface area contributed by atoms with Gasteiger partial charge >= 0.3 is 11.9 Å². The Morgan fingerprint density at radius 1 is 1.18 bits per heavy atom. The van der Waals surface area contributed by atoms with Crippen molar-refractivity contribution in [2.45, 2.75) is 59.3 Å². The third-order valence-electron chi connectivity index (χ3n) is 4.88. The lowest BCUT2D eigenvalue weighted by Crippen LogP contribution is -2.41. The summed E-state index contributed by atoms with van der Waals surface area (Å²) in [5, 5.41) is 19.0. The Balaban J connectivity index is 2.70. The molecule has 124 valence electrons. The summed E-state index contributed by atoms with van der Waals surface area (Å²) in [6.07, 6.45) is 6.43. The van der Waals surface area contributed by atoms with Crippen LogP contribution < -0.4 is 0 Å².